The van der Waals surface area contributed by atoms with Crippen LogP contribution in [0.1, 0.15) is 29.6 Å². The molecule has 122 valence electrons. The second-order valence-electron chi connectivity index (χ2n) is 6.47. The van der Waals surface area contributed by atoms with Gasteiger partial charge in [0.05, 0.1) is 16.6 Å². The summed E-state index contributed by atoms with van der Waals surface area (Å²) in [4.78, 5) is 18.2. The predicted molar refractivity (Wildman–Crippen MR) is 91.5 cm³/mol. The van der Waals surface area contributed by atoms with Crippen molar-refractivity contribution in [2.24, 2.45) is 11.8 Å². The summed E-state index contributed by atoms with van der Waals surface area (Å²) in [5, 5.41) is 12.5. The van der Waals surface area contributed by atoms with E-state index in [4.69, 9.17) is 4.98 Å². The van der Waals surface area contributed by atoms with Crippen molar-refractivity contribution in [3.63, 3.8) is 0 Å². The van der Waals surface area contributed by atoms with Crippen LogP contribution in [0.4, 0.5) is 0 Å². The Bertz CT molecular complexity index is 656. The normalized spacial score (nSPS) is 22.1. The lowest BCUT2D eigenvalue weighted by Crippen LogP contribution is -2.42. The minimum Gasteiger partial charge on any atom is -0.481 e. The Morgan fingerprint density at radius 2 is 2.13 bits per heavy atom. The van der Waals surface area contributed by atoms with E-state index in [0.29, 0.717) is 12.5 Å². The fourth-order valence-corrected chi connectivity index (χ4v) is 4.09. The summed E-state index contributed by atoms with van der Waals surface area (Å²) < 4.78 is 0. The molecule has 1 aromatic heterocycles. The molecule has 1 aliphatic heterocycles. The van der Waals surface area contributed by atoms with Crippen LogP contribution in [-0.2, 0) is 17.8 Å². The summed E-state index contributed by atoms with van der Waals surface area (Å²) in [6.45, 7) is 4.46. The molecular formula is C18H22N2O2S. The summed E-state index contributed by atoms with van der Waals surface area (Å²) in [6, 6.07) is 10.3. The average Bonchev–Trinajstić information content (AvgIpc) is 2.94. The molecule has 0 amide bonds. The van der Waals surface area contributed by atoms with E-state index in [1.165, 1.54) is 5.56 Å². The van der Waals surface area contributed by atoms with Crippen LogP contribution in [-0.4, -0.2) is 34.0 Å². The lowest BCUT2D eigenvalue weighted by molar-refractivity contribution is -0.144. The lowest BCUT2D eigenvalue weighted by Gasteiger charge is -2.34. The van der Waals surface area contributed by atoms with Gasteiger partial charge in [-0.2, -0.15) is 0 Å². The monoisotopic (exact) mass is 330 g/mol. The molecule has 2 heterocycles. The highest BCUT2D eigenvalue weighted by Gasteiger charge is 2.29. The highest BCUT2D eigenvalue weighted by Crippen LogP contribution is 2.24. The molecule has 5 heteroatoms. The number of carboxylic acid groups (broad SMARTS) is 1. The minimum atomic E-state index is -0.676. The lowest BCUT2D eigenvalue weighted by atomic mass is 9.90. The molecular weight excluding hydrogens is 308 g/mol. The average molecular weight is 330 g/mol. The third kappa shape index (κ3) is 4.39. The number of benzene rings is 1. The first-order valence-corrected chi connectivity index (χ1v) is 8.90. The second kappa shape index (κ2) is 7.23. The molecule has 23 heavy (non-hydrogen) atoms. The summed E-state index contributed by atoms with van der Waals surface area (Å²) in [7, 11) is 0. The Morgan fingerprint density at radius 1 is 1.35 bits per heavy atom. The molecule has 1 fully saturated rings. The van der Waals surface area contributed by atoms with Crippen molar-refractivity contribution in [3.05, 3.63) is 52.0 Å². The fourth-order valence-electron chi connectivity index (χ4n) is 3.27. The van der Waals surface area contributed by atoms with Crippen LogP contribution in [0.3, 0.4) is 0 Å². The number of hydrogen-bond acceptors (Lipinski definition) is 4. The Labute approximate surface area is 140 Å². The van der Waals surface area contributed by atoms with E-state index >= 15 is 0 Å². The van der Waals surface area contributed by atoms with Crippen LogP contribution in [0, 0.1) is 11.8 Å². The Balaban J connectivity index is 1.61. The number of hydrogen-bond donors (Lipinski definition) is 1. The summed E-state index contributed by atoms with van der Waals surface area (Å²) >= 11 is 1.69. The maximum Gasteiger partial charge on any atom is 0.307 e. The SMILES string of the molecule is CC1CC(C(=O)O)CN(Cc2csc(Cc3ccccc3)n2)C1. The van der Waals surface area contributed by atoms with Crippen LogP contribution in [0.15, 0.2) is 35.7 Å². The molecule has 1 aliphatic rings. The van der Waals surface area contributed by atoms with Crippen molar-refractivity contribution in [2.75, 3.05) is 13.1 Å². The third-order valence-electron chi connectivity index (χ3n) is 4.27. The van der Waals surface area contributed by atoms with Crippen LogP contribution in [0.25, 0.3) is 0 Å². The van der Waals surface area contributed by atoms with Crippen molar-refractivity contribution in [2.45, 2.75) is 26.3 Å². The summed E-state index contributed by atoms with van der Waals surface area (Å²) in [5.41, 5.74) is 2.32. The second-order valence-corrected chi connectivity index (χ2v) is 7.41. The van der Waals surface area contributed by atoms with Gasteiger partial charge in [-0.1, -0.05) is 37.3 Å². The van der Waals surface area contributed by atoms with E-state index in [1.807, 2.05) is 18.2 Å². The first-order chi connectivity index (χ1) is 11.1. The van der Waals surface area contributed by atoms with Crippen molar-refractivity contribution in [3.8, 4) is 0 Å². The molecule has 2 aromatic rings. The first kappa shape index (κ1) is 16.1. The third-order valence-corrected chi connectivity index (χ3v) is 5.17. The largest absolute Gasteiger partial charge is 0.481 e. The topological polar surface area (TPSA) is 53.4 Å². The van der Waals surface area contributed by atoms with Crippen LogP contribution in [0.2, 0.25) is 0 Å². The number of likely N-dealkylation sites (tertiary alicyclic amines) is 1. The van der Waals surface area contributed by atoms with Crippen LogP contribution in [0.5, 0.6) is 0 Å². The van der Waals surface area contributed by atoms with Crippen molar-refractivity contribution >= 4 is 17.3 Å². The van der Waals surface area contributed by atoms with Crippen LogP contribution >= 0.6 is 11.3 Å². The number of thiazole rings is 1. The predicted octanol–water partition coefficient (Wildman–Crippen LogP) is 3.28. The van der Waals surface area contributed by atoms with Gasteiger partial charge in [0.1, 0.15) is 0 Å². The zero-order valence-corrected chi connectivity index (χ0v) is 14.1. The maximum atomic E-state index is 11.3. The highest BCUT2D eigenvalue weighted by molar-refractivity contribution is 7.09. The molecule has 0 radical (unpaired) electrons. The smallest absolute Gasteiger partial charge is 0.307 e. The van der Waals surface area contributed by atoms with E-state index < -0.39 is 5.97 Å². The van der Waals surface area contributed by atoms with Gasteiger partial charge in [0.15, 0.2) is 0 Å². The quantitative estimate of drug-likeness (QED) is 0.914. The number of carboxylic acids is 1. The Morgan fingerprint density at radius 3 is 2.87 bits per heavy atom. The molecule has 2 unspecified atom stereocenters. The van der Waals surface area contributed by atoms with E-state index in [-0.39, 0.29) is 5.92 Å². The van der Waals surface area contributed by atoms with E-state index in [1.54, 1.807) is 11.3 Å². The highest BCUT2D eigenvalue weighted by atomic mass is 32.1. The molecule has 4 nitrogen and oxygen atoms in total. The van der Waals surface area contributed by atoms with Gasteiger partial charge in [0.25, 0.3) is 0 Å². The molecule has 1 saturated heterocycles. The zero-order valence-electron chi connectivity index (χ0n) is 13.3. The van der Waals surface area contributed by atoms with Crippen molar-refractivity contribution in [1.29, 1.82) is 0 Å². The van der Waals surface area contributed by atoms with Gasteiger partial charge in [-0.25, -0.2) is 4.98 Å². The summed E-state index contributed by atoms with van der Waals surface area (Å²) in [5.74, 6) is -0.502. The van der Waals surface area contributed by atoms with Gasteiger partial charge >= 0.3 is 5.97 Å². The van der Waals surface area contributed by atoms with E-state index in [0.717, 1.165) is 36.6 Å². The summed E-state index contributed by atoms with van der Waals surface area (Å²) in [6.07, 6.45) is 1.64. The van der Waals surface area contributed by atoms with Crippen molar-refractivity contribution < 1.29 is 9.90 Å². The van der Waals surface area contributed by atoms with E-state index in [2.05, 4.69) is 29.3 Å². The standard InChI is InChI=1S/C18H22N2O2S/c1-13-7-15(18(21)22)10-20(9-13)11-16-12-23-17(19-16)8-14-5-3-2-4-6-14/h2-6,12-13,15H,7-11H2,1H3,(H,21,22). The van der Waals surface area contributed by atoms with Gasteiger partial charge in [-0.15, -0.1) is 11.3 Å². The Hall–Kier alpha value is -1.72. The van der Waals surface area contributed by atoms with Gasteiger partial charge in [0, 0.05) is 31.4 Å². The number of nitrogens with zero attached hydrogens (tertiary/aromatic N) is 2. The maximum absolute atomic E-state index is 11.3. The number of rotatable bonds is 5. The molecule has 3 rings (SSSR count). The molecule has 2 atom stereocenters. The number of aliphatic carboxylic acids is 1. The zero-order chi connectivity index (χ0) is 16.2. The Kier molecular flexibility index (Phi) is 5.08. The molecule has 0 aliphatic carbocycles. The van der Waals surface area contributed by atoms with Crippen LogP contribution < -0.4 is 0 Å². The molecule has 1 N–H and O–H groups in total. The molecule has 1 aromatic carbocycles. The number of carbonyl (C=O) groups is 1. The van der Waals surface area contributed by atoms with Gasteiger partial charge < -0.3 is 5.11 Å². The molecule has 0 spiro atoms. The fraction of sp³-hybridized carbons (Fsp3) is 0.444. The molecule has 0 bridgehead atoms. The number of aromatic nitrogens is 1. The van der Waals surface area contributed by atoms with Gasteiger partial charge in [0.2, 0.25) is 0 Å². The van der Waals surface area contributed by atoms with Gasteiger partial charge in [-0.3, -0.25) is 9.69 Å². The minimum absolute atomic E-state index is 0.249. The van der Waals surface area contributed by atoms with Crippen molar-refractivity contribution in [1.82, 2.24) is 9.88 Å². The van der Waals surface area contributed by atoms with Gasteiger partial charge in [-0.05, 0) is 17.9 Å². The van der Waals surface area contributed by atoms with E-state index in [9.17, 15) is 9.90 Å². The number of piperidine rings is 1. The first-order valence-electron chi connectivity index (χ1n) is 8.02. The molecule has 0 saturated carbocycles.